The number of halogens is 1. The quantitative estimate of drug-likeness (QED) is 0.383. The minimum Gasteiger partial charge on any atom is -0.503 e. The summed E-state index contributed by atoms with van der Waals surface area (Å²) >= 11 is 5.58. The maximum Gasteiger partial charge on any atom is 0.350 e. The van der Waals surface area contributed by atoms with Gasteiger partial charge < -0.3 is 9.84 Å². The summed E-state index contributed by atoms with van der Waals surface area (Å²) in [4.78, 5) is 44.7. The van der Waals surface area contributed by atoms with Crippen molar-refractivity contribution in [1.29, 1.82) is 0 Å². The first-order valence-electron chi connectivity index (χ1n) is 8.99. The number of hydrogen-bond donors (Lipinski definition) is 1. The Morgan fingerprint density at radius 2 is 1.94 bits per heavy atom. The van der Waals surface area contributed by atoms with E-state index in [2.05, 4.69) is 20.9 Å². The Kier molecular flexibility index (Phi) is 5.78. The molecule has 1 aromatic carbocycles. The van der Waals surface area contributed by atoms with Crippen LogP contribution in [0.1, 0.15) is 36.6 Å². The number of ether oxygens (including phenoxy) is 1. The number of aryl methyl sites for hydroxylation is 1. The van der Waals surface area contributed by atoms with Gasteiger partial charge in [-0.25, -0.2) is 9.78 Å². The summed E-state index contributed by atoms with van der Waals surface area (Å²) in [6.45, 7) is 1.63. The van der Waals surface area contributed by atoms with Gasteiger partial charge in [-0.05, 0) is 36.1 Å². The molecule has 4 rings (SSSR count). The van der Waals surface area contributed by atoms with E-state index in [1.807, 2.05) is 0 Å². The van der Waals surface area contributed by atoms with Crippen molar-refractivity contribution in [3.63, 3.8) is 0 Å². The summed E-state index contributed by atoms with van der Waals surface area (Å²) in [6, 6.07) is 9.56. The molecule has 31 heavy (non-hydrogen) atoms. The number of thiazole rings is 1. The van der Waals surface area contributed by atoms with E-state index in [0.717, 1.165) is 15.8 Å². The number of aromatic nitrogens is 1. The fourth-order valence-corrected chi connectivity index (χ4v) is 5.26. The van der Waals surface area contributed by atoms with Crippen LogP contribution in [-0.2, 0) is 9.53 Å². The maximum atomic E-state index is 13.2. The van der Waals surface area contributed by atoms with Crippen LogP contribution in [0.4, 0.5) is 5.13 Å². The molecule has 0 unspecified atom stereocenters. The molecule has 7 nitrogen and oxygen atoms in total. The first kappa shape index (κ1) is 21.4. The SMILES string of the molecule is COC(=O)c1sc(N2C(=O)C(O)=C(C(=O)c3cccs3)[C@@H]2c2ccc(Br)cc2)nc1C. The molecule has 0 aliphatic carbocycles. The number of rotatable bonds is 5. The van der Waals surface area contributed by atoms with E-state index in [4.69, 9.17) is 4.74 Å². The molecule has 0 saturated heterocycles. The van der Waals surface area contributed by atoms with Crippen molar-refractivity contribution in [2.75, 3.05) is 12.0 Å². The number of esters is 1. The largest absolute Gasteiger partial charge is 0.503 e. The Morgan fingerprint density at radius 1 is 1.23 bits per heavy atom. The molecule has 0 saturated carbocycles. The Bertz CT molecular complexity index is 1220. The van der Waals surface area contributed by atoms with Gasteiger partial charge in [-0.3, -0.25) is 14.5 Å². The maximum absolute atomic E-state index is 13.2. The molecule has 0 spiro atoms. The van der Waals surface area contributed by atoms with Crippen LogP contribution in [0.3, 0.4) is 0 Å². The second-order valence-corrected chi connectivity index (χ2v) is 9.44. The first-order chi connectivity index (χ1) is 14.8. The number of methoxy groups -OCH3 is 1. The van der Waals surface area contributed by atoms with Crippen LogP contribution in [0.25, 0.3) is 0 Å². The van der Waals surface area contributed by atoms with Crippen LogP contribution in [0.15, 0.2) is 57.6 Å². The third-order valence-corrected chi connectivity index (χ3v) is 7.28. The molecular weight excluding hydrogens is 504 g/mol. The number of amides is 1. The van der Waals surface area contributed by atoms with E-state index in [1.54, 1.807) is 48.7 Å². The number of carbonyl (C=O) groups is 3. The summed E-state index contributed by atoms with van der Waals surface area (Å²) in [5, 5.41) is 12.7. The van der Waals surface area contributed by atoms with Crippen LogP contribution < -0.4 is 4.90 Å². The van der Waals surface area contributed by atoms with Gasteiger partial charge in [0.05, 0.1) is 29.3 Å². The third kappa shape index (κ3) is 3.71. The van der Waals surface area contributed by atoms with Crippen LogP contribution in [0.5, 0.6) is 0 Å². The Labute approximate surface area is 193 Å². The summed E-state index contributed by atoms with van der Waals surface area (Å²) in [7, 11) is 1.26. The fraction of sp³-hybridized carbons (Fsp3) is 0.143. The normalized spacial score (nSPS) is 16.2. The van der Waals surface area contributed by atoms with Gasteiger partial charge in [0.15, 0.2) is 10.9 Å². The number of benzene rings is 1. The zero-order valence-corrected chi connectivity index (χ0v) is 19.5. The van der Waals surface area contributed by atoms with Gasteiger partial charge in [0.1, 0.15) is 4.88 Å². The number of aliphatic hydroxyl groups excluding tert-OH is 1. The summed E-state index contributed by atoms with van der Waals surface area (Å²) < 4.78 is 5.61. The molecular formula is C21H15BrN2O5S2. The van der Waals surface area contributed by atoms with E-state index in [0.29, 0.717) is 16.1 Å². The molecule has 0 radical (unpaired) electrons. The Morgan fingerprint density at radius 3 is 2.55 bits per heavy atom. The van der Waals surface area contributed by atoms with Crippen molar-refractivity contribution >= 4 is 61.4 Å². The standard InChI is InChI=1S/C21H15BrN2O5S2/c1-10-18(20(28)29-2)31-21(23-10)24-15(11-5-7-12(22)8-6-11)14(17(26)19(24)27)16(25)13-4-3-9-30-13/h3-9,15,26H,1-2H3/t15-/m0/s1. The van der Waals surface area contributed by atoms with E-state index in [1.165, 1.54) is 23.3 Å². The van der Waals surface area contributed by atoms with Gasteiger partial charge in [-0.2, -0.15) is 0 Å². The minimum atomic E-state index is -0.897. The predicted octanol–water partition coefficient (Wildman–Crippen LogP) is 4.85. The zero-order valence-electron chi connectivity index (χ0n) is 16.3. The fourth-order valence-electron chi connectivity index (χ4n) is 3.30. The first-order valence-corrected chi connectivity index (χ1v) is 11.5. The van der Waals surface area contributed by atoms with Crippen LogP contribution in [0, 0.1) is 6.92 Å². The number of hydrogen-bond acceptors (Lipinski definition) is 8. The van der Waals surface area contributed by atoms with E-state index < -0.39 is 29.5 Å². The highest BCUT2D eigenvalue weighted by Crippen LogP contribution is 2.44. The molecule has 10 heteroatoms. The predicted molar refractivity (Wildman–Crippen MR) is 121 cm³/mol. The van der Waals surface area contributed by atoms with Crippen molar-refractivity contribution in [1.82, 2.24) is 4.98 Å². The summed E-state index contributed by atoms with van der Waals surface area (Å²) in [5.41, 5.74) is 0.988. The van der Waals surface area contributed by atoms with Gasteiger partial charge in [0, 0.05) is 4.47 Å². The van der Waals surface area contributed by atoms with E-state index >= 15 is 0 Å². The molecule has 1 atom stereocenters. The molecule has 1 amide bonds. The van der Waals surface area contributed by atoms with Crippen LogP contribution >= 0.6 is 38.6 Å². The second-order valence-electron chi connectivity index (χ2n) is 6.60. The Hall–Kier alpha value is -2.82. The van der Waals surface area contributed by atoms with E-state index in [9.17, 15) is 19.5 Å². The van der Waals surface area contributed by atoms with Crippen molar-refractivity contribution in [3.05, 3.63) is 78.6 Å². The number of ketones is 1. The van der Waals surface area contributed by atoms with Crippen molar-refractivity contribution in [2.24, 2.45) is 0 Å². The number of carbonyl (C=O) groups excluding carboxylic acids is 3. The summed E-state index contributed by atoms with van der Waals surface area (Å²) in [6.07, 6.45) is 0. The summed E-state index contributed by atoms with van der Waals surface area (Å²) in [5.74, 6) is -2.38. The van der Waals surface area contributed by atoms with Crippen LogP contribution in [-0.4, -0.2) is 34.9 Å². The monoisotopic (exact) mass is 518 g/mol. The number of aliphatic hydroxyl groups is 1. The molecule has 1 aliphatic heterocycles. The molecule has 1 aliphatic rings. The highest BCUT2D eigenvalue weighted by atomic mass is 79.9. The van der Waals surface area contributed by atoms with Gasteiger partial charge in [0.25, 0.3) is 5.91 Å². The van der Waals surface area contributed by atoms with Crippen LogP contribution in [0.2, 0.25) is 0 Å². The highest BCUT2D eigenvalue weighted by molar-refractivity contribution is 9.10. The van der Waals surface area contributed by atoms with Gasteiger partial charge in [0.2, 0.25) is 5.78 Å². The minimum absolute atomic E-state index is 0.0257. The molecule has 2 aromatic heterocycles. The van der Waals surface area contributed by atoms with E-state index in [-0.39, 0.29) is 15.6 Å². The van der Waals surface area contributed by atoms with Crippen molar-refractivity contribution in [2.45, 2.75) is 13.0 Å². The molecule has 3 heterocycles. The van der Waals surface area contributed by atoms with Gasteiger partial charge in [-0.1, -0.05) is 45.5 Å². The molecule has 0 bridgehead atoms. The molecule has 158 valence electrons. The lowest BCUT2D eigenvalue weighted by Gasteiger charge is -2.24. The number of Topliss-reactive ketones (excluding diaryl/α,β-unsaturated/α-hetero) is 1. The molecule has 3 aromatic rings. The Balaban J connectivity index is 1.87. The number of nitrogens with zero attached hydrogens (tertiary/aromatic N) is 2. The number of anilines is 1. The van der Waals surface area contributed by atoms with Gasteiger partial charge >= 0.3 is 5.97 Å². The highest BCUT2D eigenvalue weighted by Gasteiger charge is 2.46. The zero-order chi connectivity index (χ0) is 22.3. The average molecular weight is 519 g/mol. The average Bonchev–Trinajstić information content (AvgIpc) is 3.47. The smallest absolute Gasteiger partial charge is 0.350 e. The molecule has 0 fully saturated rings. The second kappa shape index (κ2) is 8.37. The third-order valence-electron chi connectivity index (χ3n) is 4.75. The van der Waals surface area contributed by atoms with Crippen molar-refractivity contribution < 1.29 is 24.2 Å². The lowest BCUT2D eigenvalue weighted by Crippen LogP contribution is -2.31. The van der Waals surface area contributed by atoms with Crippen molar-refractivity contribution in [3.8, 4) is 0 Å². The topological polar surface area (TPSA) is 96.8 Å². The van der Waals surface area contributed by atoms with Gasteiger partial charge in [-0.15, -0.1) is 11.3 Å². The lowest BCUT2D eigenvalue weighted by molar-refractivity contribution is -0.117. The lowest BCUT2D eigenvalue weighted by atomic mass is 9.96. The number of thiophene rings is 1. The molecule has 1 N–H and O–H groups in total.